The molecule has 0 atom stereocenters. The van der Waals surface area contributed by atoms with Crippen LogP contribution in [-0.2, 0) is 0 Å². The minimum atomic E-state index is -0.671. The van der Waals surface area contributed by atoms with E-state index in [0.717, 1.165) is 0 Å². The molecule has 0 aliphatic carbocycles. The smallest absolute Gasteiger partial charge is 0.0496 e. The Labute approximate surface area is 163 Å². The highest BCUT2D eigenvalue weighted by atomic mass is 28.3. The van der Waals surface area contributed by atoms with E-state index < -0.39 is 8.07 Å². The van der Waals surface area contributed by atoms with Crippen molar-refractivity contribution in [1.29, 1.82) is 0 Å². The molecule has 0 aromatic heterocycles. The van der Waals surface area contributed by atoms with Crippen LogP contribution in [-0.4, -0.2) is 36.3 Å². The highest BCUT2D eigenvalue weighted by Crippen LogP contribution is 2.18. The van der Waals surface area contributed by atoms with Gasteiger partial charge in [-0.2, -0.15) is 0 Å². The van der Waals surface area contributed by atoms with Crippen LogP contribution in [0.3, 0.4) is 0 Å². The van der Waals surface area contributed by atoms with E-state index in [9.17, 15) is 0 Å². The van der Waals surface area contributed by atoms with Crippen molar-refractivity contribution in [3.8, 4) is 0 Å². The molecule has 2 aromatic rings. The Kier molecular flexibility index (Phi) is 12.6. The van der Waals surface area contributed by atoms with E-state index >= 15 is 0 Å². The van der Waals surface area contributed by atoms with Gasteiger partial charge in [-0.25, -0.2) is 0 Å². The van der Waals surface area contributed by atoms with Gasteiger partial charge < -0.3 is 9.80 Å². The molecule has 0 saturated carbocycles. The largest absolute Gasteiger partial charge is 0.378 e. The van der Waals surface area contributed by atoms with Crippen LogP contribution in [0.1, 0.15) is 20.8 Å². The Morgan fingerprint density at radius 2 is 0.846 bits per heavy atom. The average Bonchev–Trinajstić information content (AvgIpc) is 2.69. The predicted octanol–water partition coefficient (Wildman–Crippen LogP) is 6.63. The Morgan fingerprint density at radius 1 is 0.577 bits per heavy atom. The fourth-order valence-corrected chi connectivity index (χ4v) is 3.70. The van der Waals surface area contributed by atoms with Crippen LogP contribution < -0.4 is 9.80 Å². The third kappa shape index (κ3) is 10.3. The SMILES string of the molecule is CC[Si](C)(CC)CC.CN(C)c1ccccc1.CN(C)c1ccccc1. The van der Waals surface area contributed by atoms with Crippen molar-refractivity contribution in [2.75, 3.05) is 38.0 Å². The molecule has 0 heterocycles. The van der Waals surface area contributed by atoms with E-state index in [1.54, 1.807) is 0 Å². The Bertz CT molecular complexity index is 497. The summed E-state index contributed by atoms with van der Waals surface area (Å²) in [6.45, 7) is 9.49. The van der Waals surface area contributed by atoms with Crippen molar-refractivity contribution in [3.63, 3.8) is 0 Å². The third-order valence-corrected chi connectivity index (χ3v) is 10.2. The minimum absolute atomic E-state index is 0.671. The van der Waals surface area contributed by atoms with Gasteiger partial charge >= 0.3 is 0 Å². The summed E-state index contributed by atoms with van der Waals surface area (Å²) in [6, 6.07) is 24.9. The van der Waals surface area contributed by atoms with Gasteiger partial charge in [-0.3, -0.25) is 0 Å². The van der Waals surface area contributed by atoms with Gasteiger partial charge in [-0.05, 0) is 24.3 Å². The first kappa shape index (κ1) is 24.3. The summed E-state index contributed by atoms with van der Waals surface area (Å²) in [5, 5.41) is 0. The normalized spacial score (nSPS) is 10.0. The minimum Gasteiger partial charge on any atom is -0.378 e. The van der Waals surface area contributed by atoms with Gasteiger partial charge in [0.05, 0.1) is 0 Å². The summed E-state index contributed by atoms with van der Waals surface area (Å²) >= 11 is 0. The molecule has 146 valence electrons. The molecule has 0 fully saturated rings. The van der Waals surface area contributed by atoms with E-state index in [0.29, 0.717) is 0 Å². The van der Waals surface area contributed by atoms with Crippen molar-refractivity contribution < 1.29 is 0 Å². The summed E-state index contributed by atoms with van der Waals surface area (Å²) in [7, 11) is 7.48. The fourth-order valence-electron chi connectivity index (χ4n) is 2.20. The highest BCUT2D eigenvalue weighted by Gasteiger charge is 2.18. The van der Waals surface area contributed by atoms with E-state index in [2.05, 4.69) is 61.4 Å². The Hall–Kier alpha value is -1.74. The van der Waals surface area contributed by atoms with Gasteiger partial charge in [0.25, 0.3) is 0 Å². The number of hydrogen-bond donors (Lipinski definition) is 0. The van der Waals surface area contributed by atoms with Gasteiger partial charge in [0, 0.05) is 47.6 Å². The Balaban J connectivity index is 0.000000362. The van der Waals surface area contributed by atoms with Crippen LogP contribution >= 0.6 is 0 Å². The molecule has 3 heteroatoms. The van der Waals surface area contributed by atoms with Crippen molar-refractivity contribution in [2.24, 2.45) is 0 Å². The summed E-state index contributed by atoms with van der Waals surface area (Å²) in [5.41, 5.74) is 2.50. The molecule has 0 aliphatic rings. The maximum Gasteiger partial charge on any atom is 0.0496 e. The second-order valence-corrected chi connectivity index (χ2v) is 13.1. The summed E-state index contributed by atoms with van der Waals surface area (Å²) in [6.07, 6.45) is 0. The summed E-state index contributed by atoms with van der Waals surface area (Å²) in [4.78, 5) is 4.17. The number of para-hydroxylation sites is 2. The maximum absolute atomic E-state index is 2.49. The number of hydrogen-bond acceptors (Lipinski definition) is 2. The molecular weight excluding hydrogens is 332 g/mol. The summed E-state index contributed by atoms with van der Waals surface area (Å²) < 4.78 is 0. The number of benzene rings is 2. The zero-order valence-electron chi connectivity index (χ0n) is 18.3. The molecule has 0 saturated heterocycles. The van der Waals surface area contributed by atoms with Crippen LogP contribution in [0.2, 0.25) is 24.7 Å². The third-order valence-electron chi connectivity index (χ3n) is 5.11. The molecule has 0 aliphatic heterocycles. The summed E-state index contributed by atoms with van der Waals surface area (Å²) in [5.74, 6) is 0. The quantitative estimate of drug-likeness (QED) is 0.543. The zero-order chi connectivity index (χ0) is 20.0. The lowest BCUT2D eigenvalue weighted by Gasteiger charge is -2.20. The van der Waals surface area contributed by atoms with Gasteiger partial charge in [0.1, 0.15) is 0 Å². The monoisotopic (exact) mass is 372 g/mol. The standard InChI is InChI=1S/2C8H11N.C7H18Si/c2*1-9(2)8-6-4-3-5-7-8;1-5-8(4,6-2)7-3/h2*3-7H,1-2H3;5-7H2,1-4H3. The van der Waals surface area contributed by atoms with E-state index in [4.69, 9.17) is 0 Å². The van der Waals surface area contributed by atoms with Gasteiger partial charge in [-0.1, -0.05) is 81.8 Å². The lowest BCUT2D eigenvalue weighted by atomic mass is 10.3. The average molecular weight is 373 g/mol. The van der Waals surface area contributed by atoms with Crippen LogP contribution in [0.15, 0.2) is 60.7 Å². The lowest BCUT2D eigenvalue weighted by molar-refractivity contribution is 1.13. The fraction of sp³-hybridized carbons (Fsp3) is 0.478. The van der Waals surface area contributed by atoms with Crippen molar-refractivity contribution in [3.05, 3.63) is 60.7 Å². The van der Waals surface area contributed by atoms with Crippen LogP contribution in [0.25, 0.3) is 0 Å². The molecule has 0 unspecified atom stereocenters. The predicted molar refractivity (Wildman–Crippen MR) is 125 cm³/mol. The van der Waals surface area contributed by atoms with Crippen LogP contribution in [0, 0.1) is 0 Å². The van der Waals surface area contributed by atoms with Crippen LogP contribution in [0.5, 0.6) is 0 Å². The molecule has 26 heavy (non-hydrogen) atoms. The number of rotatable bonds is 5. The molecule has 0 spiro atoms. The van der Waals surface area contributed by atoms with Gasteiger partial charge in [0.2, 0.25) is 0 Å². The molecule has 2 nitrogen and oxygen atoms in total. The molecule has 0 radical (unpaired) electrons. The first-order valence-corrected chi connectivity index (χ1v) is 12.9. The Morgan fingerprint density at radius 3 is 0.962 bits per heavy atom. The number of anilines is 2. The first-order valence-electron chi connectivity index (χ1n) is 9.74. The molecule has 0 N–H and O–H groups in total. The first-order chi connectivity index (χ1) is 12.3. The highest BCUT2D eigenvalue weighted by molar-refractivity contribution is 6.78. The van der Waals surface area contributed by atoms with Crippen LogP contribution in [0.4, 0.5) is 11.4 Å². The van der Waals surface area contributed by atoms with Crippen molar-refractivity contribution >= 4 is 19.4 Å². The van der Waals surface area contributed by atoms with E-state index in [1.165, 1.54) is 29.5 Å². The topological polar surface area (TPSA) is 6.48 Å². The molecule has 0 bridgehead atoms. The molecule has 0 amide bonds. The number of nitrogens with zero attached hydrogens (tertiary/aromatic N) is 2. The maximum atomic E-state index is 2.49. The molecule has 2 rings (SSSR count). The molecular formula is C23H40N2Si. The zero-order valence-corrected chi connectivity index (χ0v) is 19.3. The lowest BCUT2D eigenvalue weighted by Crippen LogP contribution is -2.25. The van der Waals surface area contributed by atoms with E-state index in [-0.39, 0.29) is 0 Å². The van der Waals surface area contributed by atoms with Gasteiger partial charge in [0.15, 0.2) is 0 Å². The molecule has 2 aromatic carbocycles. The second kappa shape index (κ2) is 13.5. The van der Waals surface area contributed by atoms with Crippen molar-refractivity contribution in [1.82, 2.24) is 0 Å². The van der Waals surface area contributed by atoms with Gasteiger partial charge in [-0.15, -0.1) is 0 Å². The van der Waals surface area contributed by atoms with Crippen molar-refractivity contribution in [2.45, 2.75) is 45.5 Å². The van der Waals surface area contributed by atoms with E-state index in [1.807, 2.05) is 64.6 Å². The second-order valence-electron chi connectivity index (χ2n) is 7.33.